The van der Waals surface area contributed by atoms with E-state index in [0.717, 1.165) is 42.4 Å². The Balaban J connectivity index is 1.31. The van der Waals surface area contributed by atoms with E-state index in [0.29, 0.717) is 24.6 Å². The first kappa shape index (κ1) is 37.5. The van der Waals surface area contributed by atoms with Crippen LogP contribution in [0.4, 0.5) is 4.79 Å². The number of amides is 4. The molecule has 0 bridgehead atoms. The van der Waals surface area contributed by atoms with E-state index in [-0.39, 0.29) is 25.5 Å². The third kappa shape index (κ3) is 9.14. The van der Waals surface area contributed by atoms with Crippen LogP contribution in [-0.4, -0.2) is 86.7 Å². The summed E-state index contributed by atoms with van der Waals surface area (Å²) in [6.07, 6.45) is 4.10. The van der Waals surface area contributed by atoms with Crippen molar-refractivity contribution in [2.24, 2.45) is 11.7 Å². The molecule has 0 spiro atoms. The monoisotopic (exact) mass is 700 g/mol. The molecule has 4 unspecified atom stereocenters. The molecule has 4 amide bonds. The van der Waals surface area contributed by atoms with Crippen molar-refractivity contribution in [3.63, 3.8) is 0 Å². The van der Waals surface area contributed by atoms with Crippen molar-refractivity contribution in [3.05, 3.63) is 108 Å². The largest absolute Gasteiger partial charge is 0.497 e. The Hall–Kier alpha value is -4.75. The van der Waals surface area contributed by atoms with Crippen molar-refractivity contribution in [2.45, 2.75) is 56.1 Å². The van der Waals surface area contributed by atoms with Crippen LogP contribution < -0.4 is 25.8 Å². The summed E-state index contributed by atoms with van der Waals surface area (Å²) in [4.78, 5) is 39.4. The molecule has 4 atom stereocenters. The van der Waals surface area contributed by atoms with Crippen molar-refractivity contribution in [1.29, 1.82) is 0 Å². The molecule has 12 heteroatoms. The van der Waals surface area contributed by atoms with E-state index in [4.69, 9.17) is 24.7 Å². The molecule has 0 radical (unpaired) electrons. The van der Waals surface area contributed by atoms with E-state index >= 15 is 0 Å². The van der Waals surface area contributed by atoms with Crippen LogP contribution in [0.5, 0.6) is 11.5 Å². The number of carbonyl (C=O) groups is 3. The second kappa shape index (κ2) is 18.0. The van der Waals surface area contributed by atoms with Crippen LogP contribution in [0.15, 0.2) is 91.0 Å². The van der Waals surface area contributed by atoms with Gasteiger partial charge >= 0.3 is 6.03 Å². The number of urea groups is 1. The fraction of sp³-hybridized carbons (Fsp3) is 0.410. The number of hydrogen-bond acceptors (Lipinski definition) is 9. The molecule has 0 saturated carbocycles. The number of nitrogens with one attached hydrogen (secondary N) is 2. The number of carbonyl (C=O) groups excluding carboxylic acids is 3. The van der Waals surface area contributed by atoms with Gasteiger partial charge in [0.1, 0.15) is 29.4 Å². The second-order valence-electron chi connectivity index (χ2n) is 12.7. The average Bonchev–Trinajstić information content (AvgIpc) is 3.53. The Morgan fingerprint density at radius 1 is 0.941 bits per heavy atom. The van der Waals surface area contributed by atoms with Crippen LogP contribution in [0.2, 0.25) is 0 Å². The van der Waals surface area contributed by atoms with Crippen molar-refractivity contribution >= 4 is 17.8 Å². The van der Waals surface area contributed by atoms with E-state index in [1.165, 1.54) is 17.1 Å². The van der Waals surface area contributed by atoms with Crippen LogP contribution in [0.25, 0.3) is 0 Å². The lowest BCUT2D eigenvalue weighted by atomic mass is 9.80. The van der Waals surface area contributed by atoms with Crippen LogP contribution in [0.3, 0.4) is 0 Å². The third-order valence-corrected chi connectivity index (χ3v) is 9.32. The van der Waals surface area contributed by atoms with Gasteiger partial charge in [0.2, 0.25) is 11.8 Å². The number of aliphatic hydroxyl groups is 1. The van der Waals surface area contributed by atoms with E-state index in [1.54, 1.807) is 14.2 Å². The summed E-state index contributed by atoms with van der Waals surface area (Å²) >= 11 is 0. The van der Waals surface area contributed by atoms with Crippen LogP contribution in [0, 0.1) is 5.92 Å². The zero-order chi connectivity index (χ0) is 36.2. The minimum Gasteiger partial charge on any atom is -0.497 e. The standard InChI is InChI=1S/C39H48N4O8/c1-48-31-17-13-29(14-18-31)39(28-10-6-5-7-11-28,30-15-19-32(49-2)20-16-30)50-26-34-33(44)24-36(51-34)43-25-27(37(46)42-38(43)47)12-21-35(45)41-23-9-4-3-8-22-40/h5-7,10-21,27,33-34,36,44H,3-4,8-9,22-26,40H2,1-2H3,(H,41,45)(H,42,46,47). The Morgan fingerprint density at radius 3 is 2.16 bits per heavy atom. The molecule has 2 heterocycles. The summed E-state index contributed by atoms with van der Waals surface area (Å²) in [6.45, 7) is 1.13. The van der Waals surface area contributed by atoms with Crippen LogP contribution in [-0.2, 0) is 24.7 Å². The zero-order valence-electron chi connectivity index (χ0n) is 29.2. The minimum absolute atomic E-state index is 0.00977. The van der Waals surface area contributed by atoms with E-state index in [2.05, 4.69) is 10.6 Å². The number of hydrogen-bond donors (Lipinski definition) is 4. The van der Waals surface area contributed by atoms with E-state index in [1.807, 2.05) is 78.9 Å². The lowest BCUT2D eigenvalue weighted by Gasteiger charge is -2.37. The summed E-state index contributed by atoms with van der Waals surface area (Å²) in [5.41, 5.74) is 6.89. The van der Waals surface area contributed by atoms with Crippen molar-refractivity contribution in [3.8, 4) is 11.5 Å². The highest BCUT2D eigenvalue weighted by Gasteiger charge is 2.45. The molecule has 2 aliphatic rings. The van der Waals surface area contributed by atoms with Crippen molar-refractivity contribution in [1.82, 2.24) is 15.5 Å². The number of unbranched alkanes of at least 4 members (excludes halogenated alkanes) is 3. The maximum atomic E-state index is 13.0. The van der Waals surface area contributed by atoms with E-state index < -0.39 is 41.9 Å². The van der Waals surface area contributed by atoms with Gasteiger partial charge in [-0.3, -0.25) is 19.8 Å². The normalized spacial score (nSPS) is 20.7. The topological polar surface area (TPSA) is 162 Å². The first-order valence-corrected chi connectivity index (χ1v) is 17.4. The highest BCUT2D eigenvalue weighted by molar-refractivity contribution is 5.99. The van der Waals surface area contributed by atoms with Gasteiger partial charge in [0.15, 0.2) is 0 Å². The van der Waals surface area contributed by atoms with Gasteiger partial charge in [0.25, 0.3) is 0 Å². The summed E-state index contributed by atoms with van der Waals surface area (Å²) < 4.78 is 24.1. The second-order valence-corrected chi connectivity index (χ2v) is 12.7. The Labute approximate surface area is 298 Å². The zero-order valence-corrected chi connectivity index (χ0v) is 29.2. The van der Waals surface area contributed by atoms with Gasteiger partial charge in [0.05, 0.1) is 32.8 Å². The summed E-state index contributed by atoms with van der Waals surface area (Å²) in [7, 11) is 3.22. The third-order valence-electron chi connectivity index (χ3n) is 9.32. The average molecular weight is 701 g/mol. The van der Waals surface area contributed by atoms with Crippen LogP contribution >= 0.6 is 0 Å². The fourth-order valence-electron chi connectivity index (χ4n) is 6.48. The Morgan fingerprint density at radius 2 is 1.55 bits per heavy atom. The van der Waals surface area contributed by atoms with E-state index in [9.17, 15) is 19.5 Å². The molecule has 3 aromatic carbocycles. The first-order valence-electron chi connectivity index (χ1n) is 17.4. The van der Waals surface area contributed by atoms with Crippen LogP contribution in [0.1, 0.15) is 48.8 Å². The molecule has 2 fully saturated rings. The number of aliphatic hydroxyl groups excluding tert-OH is 1. The lowest BCUT2D eigenvalue weighted by molar-refractivity contribution is -0.129. The first-order chi connectivity index (χ1) is 24.8. The number of imide groups is 1. The predicted molar refractivity (Wildman–Crippen MR) is 191 cm³/mol. The Kier molecular flexibility index (Phi) is 13.2. The number of methoxy groups -OCH3 is 2. The summed E-state index contributed by atoms with van der Waals surface area (Å²) in [6, 6.07) is 24.4. The highest BCUT2D eigenvalue weighted by atomic mass is 16.6. The molecule has 0 aliphatic carbocycles. The van der Waals surface area contributed by atoms with Gasteiger partial charge in [-0.2, -0.15) is 0 Å². The fourth-order valence-corrected chi connectivity index (χ4v) is 6.48. The molecule has 2 aliphatic heterocycles. The van der Waals surface area contributed by atoms with Crippen molar-refractivity contribution < 1.29 is 38.4 Å². The maximum Gasteiger partial charge on any atom is 0.326 e. The molecular weight excluding hydrogens is 652 g/mol. The van der Waals surface area contributed by atoms with Gasteiger partial charge in [-0.05, 0) is 66.4 Å². The number of rotatable bonds is 17. The molecule has 5 rings (SSSR count). The Bertz CT molecular complexity index is 1570. The minimum atomic E-state index is -1.13. The van der Waals surface area contributed by atoms with Gasteiger partial charge in [-0.1, -0.05) is 73.5 Å². The molecule has 272 valence electrons. The van der Waals surface area contributed by atoms with Gasteiger partial charge in [-0.15, -0.1) is 0 Å². The number of ether oxygens (including phenoxy) is 4. The molecular formula is C39H48N4O8. The smallest absolute Gasteiger partial charge is 0.326 e. The molecule has 51 heavy (non-hydrogen) atoms. The number of nitrogens with two attached hydrogens (primary N) is 1. The summed E-state index contributed by atoms with van der Waals surface area (Å²) in [5, 5.41) is 16.4. The molecule has 2 saturated heterocycles. The molecule has 5 N–H and O–H groups in total. The highest BCUT2D eigenvalue weighted by Crippen LogP contribution is 2.42. The number of benzene rings is 3. The number of nitrogens with zero attached hydrogens (tertiary/aromatic N) is 1. The molecule has 0 aromatic heterocycles. The molecule has 3 aromatic rings. The maximum absolute atomic E-state index is 13.0. The SMILES string of the molecule is COc1ccc(C(OCC2OC(N3CC(C=CC(=O)NCCCCCCN)C(=O)NC3=O)CC2O)(c2ccccc2)c2ccc(OC)cc2)cc1. The molecule has 12 nitrogen and oxygen atoms in total. The van der Waals surface area contributed by atoms with Gasteiger partial charge < -0.3 is 35.1 Å². The van der Waals surface area contributed by atoms with Crippen molar-refractivity contribution in [2.75, 3.05) is 40.5 Å². The summed E-state index contributed by atoms with van der Waals surface area (Å²) in [5.74, 6) is -0.217. The quantitative estimate of drug-likeness (QED) is 0.0932. The van der Waals surface area contributed by atoms with Gasteiger partial charge in [0, 0.05) is 19.5 Å². The van der Waals surface area contributed by atoms with Gasteiger partial charge in [-0.25, -0.2) is 4.79 Å². The lowest BCUT2D eigenvalue weighted by Crippen LogP contribution is -2.57. The predicted octanol–water partition coefficient (Wildman–Crippen LogP) is 3.85.